The number of carbonyl (C=O) groups is 1. The molecule has 0 radical (unpaired) electrons. The normalized spacial score (nSPS) is 12.9. The van der Waals surface area contributed by atoms with Crippen molar-refractivity contribution in [1.29, 1.82) is 0 Å². The smallest absolute Gasteiger partial charge is 0.387 e. The van der Waals surface area contributed by atoms with Gasteiger partial charge in [0.15, 0.2) is 0 Å². The fraction of sp³-hybridized carbons (Fsp3) is 0.192. The Bertz CT molecular complexity index is 1410. The molecule has 0 aromatic heterocycles. The van der Waals surface area contributed by atoms with Crippen LogP contribution in [0.3, 0.4) is 0 Å². The van der Waals surface area contributed by atoms with Gasteiger partial charge in [-0.25, -0.2) is 8.42 Å². The Morgan fingerprint density at radius 3 is 2.39 bits per heavy atom. The minimum absolute atomic E-state index is 0.0543. The van der Waals surface area contributed by atoms with Crippen LogP contribution in [0.5, 0.6) is 11.5 Å². The monoisotopic (exact) mass is 585 g/mol. The number of hydrogen-bond donors (Lipinski definition) is 1. The molecule has 12 heteroatoms. The summed E-state index contributed by atoms with van der Waals surface area (Å²) in [6.07, 6.45) is 3.71. The van der Waals surface area contributed by atoms with Crippen LogP contribution in [0.25, 0.3) is 12.2 Å². The maximum absolute atomic E-state index is 13.3. The highest BCUT2D eigenvalue weighted by atomic mass is 35.5. The van der Waals surface area contributed by atoms with E-state index >= 15 is 0 Å². The standard InChI is InChI=1S/C23H17Cl2F2NO4S.C3H6O2/c24-19-5-2-6-20(25)18(19)9-7-15-8-10-22-21(13-15)28(11-12-31-22)33(29,30)17-4-1-3-16(14-17)32-23(26)27;1-2-3(4)5/h1-10,13-14,23H,11-12H2;2H2,1H3,(H,4,5)/b9-7+;. The van der Waals surface area contributed by atoms with Crippen molar-refractivity contribution in [3.8, 4) is 11.5 Å². The van der Waals surface area contributed by atoms with E-state index in [0.717, 1.165) is 6.07 Å². The summed E-state index contributed by atoms with van der Waals surface area (Å²) in [6.45, 7) is -1.27. The molecule has 1 N–H and O–H groups in total. The average molecular weight is 586 g/mol. The van der Waals surface area contributed by atoms with E-state index in [0.29, 0.717) is 32.6 Å². The molecule has 0 aliphatic carbocycles. The Balaban J connectivity index is 0.000000732. The number of fused-ring (bicyclic) bond motifs is 1. The first-order valence-electron chi connectivity index (χ1n) is 11.2. The van der Waals surface area contributed by atoms with Crippen molar-refractivity contribution in [2.24, 2.45) is 0 Å². The van der Waals surface area contributed by atoms with E-state index in [9.17, 15) is 22.0 Å². The molecule has 4 rings (SSSR count). The van der Waals surface area contributed by atoms with Crippen LogP contribution in [0.2, 0.25) is 10.0 Å². The summed E-state index contributed by atoms with van der Waals surface area (Å²) in [5.41, 5.74) is 1.65. The Morgan fingerprint density at radius 1 is 1.11 bits per heavy atom. The van der Waals surface area contributed by atoms with Crippen LogP contribution < -0.4 is 13.8 Å². The highest BCUT2D eigenvalue weighted by Crippen LogP contribution is 2.37. The molecule has 0 fully saturated rings. The first-order valence-corrected chi connectivity index (χ1v) is 13.4. The molecule has 3 aromatic rings. The molecule has 0 unspecified atom stereocenters. The molecule has 202 valence electrons. The summed E-state index contributed by atoms with van der Waals surface area (Å²) < 4.78 is 63.0. The predicted octanol–water partition coefficient (Wildman–Crippen LogP) is 6.83. The number of nitrogens with zero attached hydrogens (tertiary/aromatic N) is 1. The first kappa shape index (κ1) is 29.2. The summed E-state index contributed by atoms with van der Waals surface area (Å²) in [7, 11) is -4.07. The van der Waals surface area contributed by atoms with Gasteiger partial charge in [0.05, 0.1) is 17.1 Å². The van der Waals surface area contributed by atoms with Gasteiger partial charge in [-0.15, -0.1) is 0 Å². The fourth-order valence-electron chi connectivity index (χ4n) is 3.35. The van der Waals surface area contributed by atoms with E-state index in [1.807, 2.05) is 0 Å². The quantitative estimate of drug-likeness (QED) is 0.305. The van der Waals surface area contributed by atoms with Crippen LogP contribution in [0, 0.1) is 0 Å². The lowest BCUT2D eigenvalue weighted by molar-refractivity contribution is -0.136. The van der Waals surface area contributed by atoms with Gasteiger partial charge in [0.1, 0.15) is 18.1 Å². The second-order valence-electron chi connectivity index (χ2n) is 7.72. The Hall–Kier alpha value is -3.34. The van der Waals surface area contributed by atoms with Crippen LogP contribution in [0.4, 0.5) is 14.5 Å². The number of aliphatic carboxylic acids is 1. The lowest BCUT2D eigenvalue weighted by atomic mass is 10.1. The van der Waals surface area contributed by atoms with Crippen molar-refractivity contribution < 1.29 is 36.6 Å². The highest BCUT2D eigenvalue weighted by Gasteiger charge is 2.30. The van der Waals surface area contributed by atoms with Crippen LogP contribution >= 0.6 is 23.2 Å². The second-order valence-corrected chi connectivity index (χ2v) is 10.4. The van der Waals surface area contributed by atoms with Gasteiger partial charge in [-0.2, -0.15) is 8.78 Å². The van der Waals surface area contributed by atoms with Crippen LogP contribution in [-0.2, 0) is 14.8 Å². The number of carboxylic acids is 1. The summed E-state index contributed by atoms with van der Waals surface area (Å²) in [5, 5.41) is 8.69. The lowest BCUT2D eigenvalue weighted by Crippen LogP contribution is -2.38. The zero-order valence-corrected chi connectivity index (χ0v) is 22.3. The number of carboxylic acid groups (broad SMARTS) is 1. The molecule has 0 spiro atoms. The molecule has 0 amide bonds. The lowest BCUT2D eigenvalue weighted by Gasteiger charge is -2.30. The van der Waals surface area contributed by atoms with Gasteiger partial charge < -0.3 is 14.6 Å². The number of halogens is 4. The van der Waals surface area contributed by atoms with E-state index in [1.165, 1.54) is 22.5 Å². The zero-order chi connectivity index (χ0) is 27.9. The summed E-state index contributed by atoms with van der Waals surface area (Å²) in [5.74, 6) is -0.601. The maximum Gasteiger partial charge on any atom is 0.387 e. The minimum atomic E-state index is -4.07. The number of rotatable bonds is 7. The number of benzene rings is 3. The third-order valence-corrected chi connectivity index (χ3v) is 7.64. The molecule has 0 saturated heterocycles. The molecule has 38 heavy (non-hydrogen) atoms. The zero-order valence-electron chi connectivity index (χ0n) is 20.0. The van der Waals surface area contributed by atoms with E-state index in [1.54, 1.807) is 55.5 Å². The molecule has 0 atom stereocenters. The molecular weight excluding hydrogens is 563 g/mol. The number of anilines is 1. The van der Waals surface area contributed by atoms with Crippen molar-refractivity contribution in [2.45, 2.75) is 24.9 Å². The van der Waals surface area contributed by atoms with Crippen LogP contribution in [-0.4, -0.2) is 39.3 Å². The highest BCUT2D eigenvalue weighted by molar-refractivity contribution is 7.92. The van der Waals surface area contributed by atoms with E-state index in [-0.39, 0.29) is 30.2 Å². The minimum Gasteiger partial charge on any atom is -0.489 e. The Morgan fingerprint density at radius 2 is 1.76 bits per heavy atom. The van der Waals surface area contributed by atoms with Gasteiger partial charge >= 0.3 is 12.6 Å². The van der Waals surface area contributed by atoms with Crippen molar-refractivity contribution in [1.82, 2.24) is 0 Å². The van der Waals surface area contributed by atoms with E-state index < -0.39 is 22.6 Å². The molecule has 0 saturated carbocycles. The van der Waals surface area contributed by atoms with Gasteiger partial charge in [-0.1, -0.05) is 60.5 Å². The molecule has 1 aliphatic heterocycles. The van der Waals surface area contributed by atoms with Crippen molar-refractivity contribution in [3.05, 3.63) is 81.8 Å². The topological polar surface area (TPSA) is 93.1 Å². The molecular formula is C26H23Cl2F2NO6S. The second kappa shape index (κ2) is 12.9. The Kier molecular flexibility index (Phi) is 9.96. The Labute approximate surface area is 228 Å². The first-order chi connectivity index (χ1) is 18.0. The third-order valence-electron chi connectivity index (χ3n) is 5.17. The van der Waals surface area contributed by atoms with Gasteiger partial charge in [-0.05, 0) is 42.0 Å². The SMILES string of the molecule is CCC(=O)O.O=S(=O)(c1cccc(OC(F)F)c1)N1CCOc2ccc(/C=C/c3c(Cl)cccc3Cl)cc21. The van der Waals surface area contributed by atoms with Gasteiger partial charge in [0.2, 0.25) is 0 Å². The maximum atomic E-state index is 13.3. The van der Waals surface area contributed by atoms with Crippen molar-refractivity contribution in [2.75, 3.05) is 17.5 Å². The summed E-state index contributed by atoms with van der Waals surface area (Å²) in [6, 6.07) is 15.3. The number of alkyl halides is 2. The number of ether oxygens (including phenoxy) is 2. The van der Waals surface area contributed by atoms with E-state index in [4.69, 9.17) is 33.0 Å². The molecule has 3 aromatic carbocycles. The third kappa shape index (κ3) is 7.37. The van der Waals surface area contributed by atoms with Gasteiger partial charge in [-0.3, -0.25) is 9.10 Å². The summed E-state index contributed by atoms with van der Waals surface area (Å²) in [4.78, 5) is 9.20. The largest absolute Gasteiger partial charge is 0.489 e. The molecule has 1 heterocycles. The van der Waals surface area contributed by atoms with Crippen molar-refractivity contribution >= 4 is 57.0 Å². The van der Waals surface area contributed by atoms with Crippen molar-refractivity contribution in [3.63, 3.8) is 0 Å². The van der Waals surface area contributed by atoms with Gasteiger partial charge in [0.25, 0.3) is 10.0 Å². The summed E-state index contributed by atoms with van der Waals surface area (Å²) >= 11 is 12.4. The van der Waals surface area contributed by atoms with E-state index in [2.05, 4.69) is 4.74 Å². The molecule has 0 bridgehead atoms. The average Bonchev–Trinajstić information content (AvgIpc) is 2.88. The van der Waals surface area contributed by atoms with Gasteiger partial charge in [0, 0.05) is 28.1 Å². The number of hydrogen-bond acceptors (Lipinski definition) is 5. The molecule has 1 aliphatic rings. The van der Waals surface area contributed by atoms with Crippen LogP contribution in [0.15, 0.2) is 65.6 Å². The predicted molar refractivity (Wildman–Crippen MR) is 143 cm³/mol. The fourth-order valence-corrected chi connectivity index (χ4v) is 5.36. The van der Waals surface area contributed by atoms with Crippen LogP contribution in [0.1, 0.15) is 24.5 Å². The number of sulfonamides is 1. The molecule has 7 nitrogen and oxygen atoms in total.